The number of hydrogen-bond acceptors (Lipinski definition) is 5. The highest BCUT2D eigenvalue weighted by Gasteiger charge is 2.23. The minimum absolute atomic E-state index is 0.617. The third-order valence-corrected chi connectivity index (χ3v) is 11.4. The predicted molar refractivity (Wildman–Crippen MR) is 232 cm³/mol. The monoisotopic (exact) mass is 726 g/mol. The summed E-state index contributed by atoms with van der Waals surface area (Å²) in [6.07, 6.45) is 1.92. The molecule has 57 heavy (non-hydrogen) atoms. The molecule has 0 amide bonds. The van der Waals surface area contributed by atoms with E-state index in [-0.39, 0.29) is 0 Å². The molecule has 1 aliphatic rings. The Bertz CT molecular complexity index is 3380. The molecule has 8 aromatic carbocycles. The quantitative estimate of drug-likeness (QED) is 0.177. The van der Waals surface area contributed by atoms with E-state index in [1.54, 1.807) is 0 Å². The fourth-order valence-electron chi connectivity index (χ4n) is 8.71. The second-order valence-electron chi connectivity index (χ2n) is 14.6. The summed E-state index contributed by atoms with van der Waals surface area (Å²) in [5, 5.41) is 5.70. The summed E-state index contributed by atoms with van der Waals surface area (Å²) in [6.45, 7) is 0. The second-order valence-corrected chi connectivity index (χ2v) is 14.6. The zero-order valence-corrected chi connectivity index (χ0v) is 30.5. The van der Waals surface area contributed by atoms with Gasteiger partial charge in [0.2, 0.25) is 0 Å². The van der Waals surface area contributed by atoms with Crippen LogP contribution < -0.4 is 0 Å². The van der Waals surface area contributed by atoms with Crippen LogP contribution in [0.5, 0.6) is 0 Å². The zero-order chi connectivity index (χ0) is 37.5. The SMILES string of the molecule is c1ccc(-c2nc(-c3ccc(-c4ccc5c6c(ccnc46)-c4ccccc4-5)cc3)nc(-c3ccc4c(-c5cccc6oc7ccccc7c56)cccc4c3)n2)cc1. The lowest BCUT2D eigenvalue weighted by Crippen LogP contribution is -2.00. The normalized spacial score (nSPS) is 11.9. The lowest BCUT2D eigenvalue weighted by Gasteiger charge is -2.12. The largest absolute Gasteiger partial charge is 0.456 e. The average molecular weight is 727 g/mol. The molecule has 5 heteroatoms. The van der Waals surface area contributed by atoms with Crippen LogP contribution in [0.25, 0.3) is 122 Å². The molecule has 5 nitrogen and oxygen atoms in total. The average Bonchev–Trinajstić information content (AvgIpc) is 3.83. The van der Waals surface area contributed by atoms with Gasteiger partial charge in [-0.05, 0) is 74.0 Å². The molecule has 0 spiro atoms. The number of rotatable bonds is 5. The van der Waals surface area contributed by atoms with Gasteiger partial charge in [0.1, 0.15) is 11.2 Å². The maximum Gasteiger partial charge on any atom is 0.164 e. The van der Waals surface area contributed by atoms with Gasteiger partial charge in [0.05, 0.1) is 5.52 Å². The second kappa shape index (κ2) is 12.4. The van der Waals surface area contributed by atoms with Crippen molar-refractivity contribution in [3.63, 3.8) is 0 Å². The van der Waals surface area contributed by atoms with Crippen LogP contribution in [0.1, 0.15) is 0 Å². The third kappa shape index (κ3) is 4.96. The molecule has 3 aromatic heterocycles. The predicted octanol–water partition coefficient (Wildman–Crippen LogP) is 13.5. The molecule has 264 valence electrons. The topological polar surface area (TPSA) is 64.7 Å². The highest BCUT2D eigenvalue weighted by molar-refractivity contribution is 6.18. The Morgan fingerprint density at radius 1 is 0.333 bits per heavy atom. The number of furan rings is 1. The zero-order valence-electron chi connectivity index (χ0n) is 30.5. The number of benzene rings is 8. The Labute approximate surface area is 327 Å². The Kier molecular flexibility index (Phi) is 6.86. The molecule has 0 unspecified atom stereocenters. The summed E-state index contributed by atoms with van der Waals surface area (Å²) in [4.78, 5) is 20.1. The first-order valence-electron chi connectivity index (χ1n) is 19.1. The number of pyridine rings is 1. The van der Waals surface area contributed by atoms with Crippen molar-refractivity contribution < 1.29 is 4.42 Å². The number of nitrogens with zero attached hydrogens (tertiary/aromatic N) is 4. The number of para-hydroxylation sites is 1. The van der Waals surface area contributed by atoms with Crippen LogP contribution in [0.15, 0.2) is 187 Å². The molecule has 0 atom stereocenters. The first kappa shape index (κ1) is 31.6. The van der Waals surface area contributed by atoms with Gasteiger partial charge in [0, 0.05) is 44.6 Å². The lowest BCUT2D eigenvalue weighted by molar-refractivity contribution is 0.669. The van der Waals surface area contributed by atoms with Gasteiger partial charge in [-0.25, -0.2) is 15.0 Å². The van der Waals surface area contributed by atoms with E-state index in [0.29, 0.717) is 17.5 Å². The summed E-state index contributed by atoms with van der Waals surface area (Å²) < 4.78 is 6.24. The fourth-order valence-corrected chi connectivity index (χ4v) is 8.71. The van der Waals surface area contributed by atoms with Gasteiger partial charge in [-0.3, -0.25) is 4.98 Å². The van der Waals surface area contributed by atoms with E-state index >= 15 is 0 Å². The molecule has 0 saturated carbocycles. The summed E-state index contributed by atoms with van der Waals surface area (Å²) in [5.74, 6) is 1.87. The molecule has 3 heterocycles. The maximum absolute atomic E-state index is 6.24. The van der Waals surface area contributed by atoms with Gasteiger partial charge >= 0.3 is 0 Å². The molecule has 12 rings (SSSR count). The van der Waals surface area contributed by atoms with Gasteiger partial charge in [-0.15, -0.1) is 0 Å². The van der Waals surface area contributed by atoms with E-state index in [9.17, 15) is 0 Å². The van der Waals surface area contributed by atoms with Gasteiger partial charge in [0.25, 0.3) is 0 Å². The van der Waals surface area contributed by atoms with Gasteiger partial charge in [0.15, 0.2) is 17.5 Å². The maximum atomic E-state index is 6.24. The molecule has 0 bridgehead atoms. The summed E-state index contributed by atoms with van der Waals surface area (Å²) in [5.41, 5.74) is 15.0. The Hall–Kier alpha value is -7.76. The molecule has 0 radical (unpaired) electrons. The van der Waals surface area contributed by atoms with Gasteiger partial charge in [-0.1, -0.05) is 152 Å². The number of fused-ring (bicyclic) bond motifs is 7. The Morgan fingerprint density at radius 2 is 0.912 bits per heavy atom. The summed E-state index contributed by atoms with van der Waals surface area (Å²) in [7, 11) is 0. The van der Waals surface area contributed by atoms with Crippen LogP contribution in [0.3, 0.4) is 0 Å². The standard InChI is InChI=1S/C52H30N4O/c1-2-10-32(11-3-1)50-54-51(33-22-20-31(21-23-33)37-26-27-42-39-13-4-5-14-40(39)43-28-29-53-49(37)48(42)43)56-52(55-50)35-24-25-36-34(30-35)12-8-16-38(36)41-17-9-19-46-47(41)44-15-6-7-18-45(44)57-46/h1-30H. The minimum atomic E-state index is 0.617. The number of aromatic nitrogens is 4. The Balaban J connectivity index is 0.957. The van der Waals surface area contributed by atoms with Crippen molar-refractivity contribution in [2.75, 3.05) is 0 Å². The summed E-state index contributed by atoms with van der Waals surface area (Å²) >= 11 is 0. The van der Waals surface area contributed by atoms with Gasteiger partial charge in [-0.2, -0.15) is 0 Å². The van der Waals surface area contributed by atoms with Crippen molar-refractivity contribution in [1.82, 2.24) is 19.9 Å². The number of hydrogen-bond donors (Lipinski definition) is 0. The van der Waals surface area contributed by atoms with Crippen LogP contribution in [-0.2, 0) is 0 Å². The van der Waals surface area contributed by atoms with Crippen LogP contribution in [0, 0.1) is 0 Å². The first-order valence-corrected chi connectivity index (χ1v) is 19.1. The Morgan fingerprint density at radius 3 is 1.74 bits per heavy atom. The molecule has 0 saturated heterocycles. The van der Waals surface area contributed by atoms with E-state index in [4.69, 9.17) is 24.4 Å². The highest BCUT2D eigenvalue weighted by Crippen LogP contribution is 2.48. The van der Waals surface area contributed by atoms with Crippen LogP contribution in [-0.4, -0.2) is 19.9 Å². The van der Waals surface area contributed by atoms with Crippen molar-refractivity contribution in [3.05, 3.63) is 182 Å². The smallest absolute Gasteiger partial charge is 0.164 e. The third-order valence-electron chi connectivity index (χ3n) is 11.4. The van der Waals surface area contributed by atoms with Crippen molar-refractivity contribution >= 4 is 43.6 Å². The first-order chi connectivity index (χ1) is 28.2. The molecule has 0 N–H and O–H groups in total. The molecular weight excluding hydrogens is 697 g/mol. The molecule has 0 aliphatic heterocycles. The van der Waals surface area contributed by atoms with Crippen molar-refractivity contribution in [2.24, 2.45) is 0 Å². The van der Waals surface area contributed by atoms with E-state index in [1.165, 1.54) is 27.6 Å². The van der Waals surface area contributed by atoms with E-state index < -0.39 is 0 Å². The minimum Gasteiger partial charge on any atom is -0.456 e. The summed E-state index contributed by atoms with van der Waals surface area (Å²) in [6, 6.07) is 61.3. The highest BCUT2D eigenvalue weighted by atomic mass is 16.3. The van der Waals surface area contributed by atoms with Crippen molar-refractivity contribution in [3.8, 4) is 78.7 Å². The van der Waals surface area contributed by atoms with E-state index in [0.717, 1.165) is 77.2 Å². The van der Waals surface area contributed by atoms with Gasteiger partial charge < -0.3 is 4.42 Å². The molecule has 1 aliphatic carbocycles. The van der Waals surface area contributed by atoms with Crippen molar-refractivity contribution in [1.29, 1.82) is 0 Å². The molecule has 0 fully saturated rings. The molecule has 11 aromatic rings. The van der Waals surface area contributed by atoms with E-state index in [1.807, 2.05) is 54.7 Å². The van der Waals surface area contributed by atoms with Crippen molar-refractivity contribution in [2.45, 2.75) is 0 Å². The van der Waals surface area contributed by atoms with Crippen LogP contribution in [0.4, 0.5) is 0 Å². The van der Waals surface area contributed by atoms with Crippen LogP contribution >= 0.6 is 0 Å². The lowest BCUT2D eigenvalue weighted by atomic mass is 9.94. The van der Waals surface area contributed by atoms with Crippen LogP contribution in [0.2, 0.25) is 0 Å². The fraction of sp³-hybridized carbons (Fsp3) is 0. The van der Waals surface area contributed by atoms with E-state index in [2.05, 4.69) is 127 Å². The molecular formula is C52H30N4O.